The van der Waals surface area contributed by atoms with Gasteiger partial charge in [0.1, 0.15) is 5.82 Å². The minimum Gasteiger partial charge on any atom is -0.387 e. The van der Waals surface area contributed by atoms with Crippen molar-refractivity contribution in [1.29, 1.82) is 0 Å². The summed E-state index contributed by atoms with van der Waals surface area (Å²) in [5.74, 6) is -0.710. The molecule has 0 spiro atoms. The number of rotatable bonds is 4. The molecule has 1 saturated heterocycles. The number of halogens is 1. The predicted molar refractivity (Wildman–Crippen MR) is 69.7 cm³/mol. The van der Waals surface area contributed by atoms with Crippen LogP contribution in [0.1, 0.15) is 24.5 Å². The summed E-state index contributed by atoms with van der Waals surface area (Å²) in [5.41, 5.74) is 5.59. The van der Waals surface area contributed by atoms with E-state index in [2.05, 4.69) is 0 Å². The SMILES string of the molecule is NC(=O)C1CCN(CC(O)c2ccccc2F)CC1. The highest BCUT2D eigenvalue weighted by atomic mass is 19.1. The highest BCUT2D eigenvalue weighted by Gasteiger charge is 2.25. The lowest BCUT2D eigenvalue weighted by molar-refractivity contribution is -0.123. The number of primary amides is 1. The number of hydrogen-bond donors (Lipinski definition) is 2. The fourth-order valence-electron chi connectivity index (χ4n) is 2.49. The number of benzene rings is 1. The van der Waals surface area contributed by atoms with Gasteiger partial charge in [-0.2, -0.15) is 0 Å². The molecule has 1 fully saturated rings. The molecule has 0 aromatic heterocycles. The fourth-order valence-corrected chi connectivity index (χ4v) is 2.49. The third-order valence-electron chi connectivity index (χ3n) is 3.69. The molecule has 19 heavy (non-hydrogen) atoms. The molecular weight excluding hydrogens is 247 g/mol. The van der Waals surface area contributed by atoms with E-state index in [1.165, 1.54) is 6.07 Å². The Balaban J connectivity index is 1.89. The van der Waals surface area contributed by atoms with E-state index >= 15 is 0 Å². The molecule has 1 aromatic carbocycles. The van der Waals surface area contributed by atoms with Gasteiger partial charge in [-0.3, -0.25) is 4.79 Å². The molecule has 5 heteroatoms. The van der Waals surface area contributed by atoms with Crippen LogP contribution in [0, 0.1) is 11.7 Å². The van der Waals surface area contributed by atoms with E-state index in [-0.39, 0.29) is 17.6 Å². The molecule has 1 atom stereocenters. The van der Waals surface area contributed by atoms with E-state index in [0.29, 0.717) is 38.0 Å². The summed E-state index contributed by atoms with van der Waals surface area (Å²) in [7, 11) is 0. The molecule has 1 aliphatic rings. The molecular formula is C14H19FN2O2. The van der Waals surface area contributed by atoms with Gasteiger partial charge < -0.3 is 15.7 Å². The second-order valence-corrected chi connectivity index (χ2v) is 5.01. The van der Waals surface area contributed by atoms with Gasteiger partial charge in [-0.1, -0.05) is 18.2 Å². The first kappa shape index (κ1) is 14.0. The Kier molecular flexibility index (Phi) is 4.50. The summed E-state index contributed by atoms with van der Waals surface area (Å²) in [6.45, 7) is 1.80. The van der Waals surface area contributed by atoms with Gasteiger partial charge in [0.15, 0.2) is 0 Å². The second-order valence-electron chi connectivity index (χ2n) is 5.01. The van der Waals surface area contributed by atoms with Crippen LogP contribution in [0.15, 0.2) is 24.3 Å². The molecule has 104 valence electrons. The van der Waals surface area contributed by atoms with E-state index in [1.54, 1.807) is 18.2 Å². The first-order valence-electron chi connectivity index (χ1n) is 6.52. The highest BCUT2D eigenvalue weighted by molar-refractivity contribution is 5.76. The Hall–Kier alpha value is -1.46. The van der Waals surface area contributed by atoms with Crippen LogP contribution in [0.2, 0.25) is 0 Å². The largest absolute Gasteiger partial charge is 0.387 e. The van der Waals surface area contributed by atoms with Crippen molar-refractivity contribution in [3.63, 3.8) is 0 Å². The van der Waals surface area contributed by atoms with Crippen LogP contribution in [0.5, 0.6) is 0 Å². The average Bonchev–Trinajstić information content (AvgIpc) is 2.39. The summed E-state index contributed by atoms with van der Waals surface area (Å²) >= 11 is 0. The maximum Gasteiger partial charge on any atom is 0.220 e. The van der Waals surface area contributed by atoms with E-state index in [4.69, 9.17) is 5.73 Å². The molecule has 1 aliphatic heterocycles. The molecule has 4 nitrogen and oxygen atoms in total. The zero-order chi connectivity index (χ0) is 13.8. The molecule has 2 rings (SSSR count). The summed E-state index contributed by atoms with van der Waals surface area (Å²) in [5, 5.41) is 10.1. The summed E-state index contributed by atoms with van der Waals surface area (Å²) in [6, 6.07) is 6.25. The maximum atomic E-state index is 13.5. The molecule has 3 N–H and O–H groups in total. The predicted octanol–water partition coefficient (Wildman–Crippen LogP) is 1.06. The van der Waals surface area contributed by atoms with Crippen molar-refractivity contribution < 1.29 is 14.3 Å². The zero-order valence-corrected chi connectivity index (χ0v) is 10.8. The Morgan fingerprint density at radius 1 is 1.42 bits per heavy atom. The van der Waals surface area contributed by atoms with E-state index in [0.717, 1.165) is 0 Å². The molecule has 0 saturated carbocycles. The number of aliphatic hydroxyl groups excluding tert-OH is 1. The average molecular weight is 266 g/mol. The molecule has 1 aromatic rings. The lowest BCUT2D eigenvalue weighted by Gasteiger charge is -2.31. The van der Waals surface area contributed by atoms with Crippen molar-refractivity contribution >= 4 is 5.91 Å². The summed E-state index contributed by atoms with van der Waals surface area (Å²) < 4.78 is 13.5. The van der Waals surface area contributed by atoms with Gasteiger partial charge in [0.05, 0.1) is 6.10 Å². The van der Waals surface area contributed by atoms with Crippen LogP contribution in [0.3, 0.4) is 0 Å². The van der Waals surface area contributed by atoms with Gasteiger partial charge >= 0.3 is 0 Å². The summed E-state index contributed by atoms with van der Waals surface area (Å²) in [6.07, 6.45) is 0.574. The topological polar surface area (TPSA) is 66.6 Å². The van der Waals surface area contributed by atoms with Gasteiger partial charge in [0.25, 0.3) is 0 Å². The molecule has 1 heterocycles. The minimum absolute atomic E-state index is 0.0677. The van der Waals surface area contributed by atoms with Crippen molar-refractivity contribution in [3.8, 4) is 0 Å². The zero-order valence-electron chi connectivity index (χ0n) is 10.8. The standard InChI is InChI=1S/C14H19FN2O2/c15-12-4-2-1-3-11(12)13(18)9-17-7-5-10(6-8-17)14(16)19/h1-4,10,13,18H,5-9H2,(H2,16,19). The number of amides is 1. The number of carbonyl (C=O) groups is 1. The smallest absolute Gasteiger partial charge is 0.220 e. The quantitative estimate of drug-likeness (QED) is 0.856. The lowest BCUT2D eigenvalue weighted by atomic mass is 9.96. The number of piperidine rings is 1. The third kappa shape index (κ3) is 3.52. The molecule has 1 unspecified atom stereocenters. The van der Waals surface area contributed by atoms with Crippen LogP contribution in [0.4, 0.5) is 4.39 Å². The Bertz CT molecular complexity index is 445. The van der Waals surface area contributed by atoms with Crippen LogP contribution in [-0.4, -0.2) is 35.5 Å². The summed E-state index contributed by atoms with van der Waals surface area (Å²) in [4.78, 5) is 13.1. The van der Waals surface area contributed by atoms with Gasteiger partial charge in [-0.25, -0.2) is 4.39 Å². The van der Waals surface area contributed by atoms with Gasteiger partial charge in [0, 0.05) is 18.0 Å². The molecule has 0 radical (unpaired) electrons. The van der Waals surface area contributed by atoms with Crippen molar-refractivity contribution in [2.75, 3.05) is 19.6 Å². The lowest BCUT2D eigenvalue weighted by Crippen LogP contribution is -2.40. The number of likely N-dealkylation sites (tertiary alicyclic amines) is 1. The fraction of sp³-hybridized carbons (Fsp3) is 0.500. The van der Waals surface area contributed by atoms with Crippen molar-refractivity contribution in [3.05, 3.63) is 35.6 Å². The van der Waals surface area contributed by atoms with Crippen LogP contribution in [0.25, 0.3) is 0 Å². The Labute approximate surface area is 112 Å². The van der Waals surface area contributed by atoms with Crippen LogP contribution < -0.4 is 5.73 Å². The van der Waals surface area contributed by atoms with Crippen LogP contribution in [-0.2, 0) is 4.79 Å². The number of nitrogens with two attached hydrogens (primary N) is 1. The molecule has 1 amide bonds. The number of aliphatic hydroxyl groups is 1. The van der Waals surface area contributed by atoms with Crippen LogP contribution >= 0.6 is 0 Å². The van der Waals surface area contributed by atoms with E-state index in [9.17, 15) is 14.3 Å². The Morgan fingerprint density at radius 3 is 2.63 bits per heavy atom. The van der Waals surface area contributed by atoms with E-state index in [1.807, 2.05) is 4.90 Å². The van der Waals surface area contributed by atoms with Gasteiger partial charge in [0.2, 0.25) is 5.91 Å². The number of carbonyl (C=O) groups excluding carboxylic acids is 1. The van der Waals surface area contributed by atoms with Gasteiger partial charge in [-0.15, -0.1) is 0 Å². The third-order valence-corrected chi connectivity index (χ3v) is 3.69. The first-order chi connectivity index (χ1) is 9.08. The number of β-amino-alcohol motifs (C(OH)–C–C–N with tert-alkyl or cyclic N) is 1. The van der Waals surface area contributed by atoms with E-state index < -0.39 is 6.10 Å². The highest BCUT2D eigenvalue weighted by Crippen LogP contribution is 2.21. The van der Waals surface area contributed by atoms with Crippen molar-refractivity contribution in [1.82, 2.24) is 4.90 Å². The molecule has 0 aliphatic carbocycles. The van der Waals surface area contributed by atoms with Gasteiger partial charge in [-0.05, 0) is 32.0 Å². The molecule has 0 bridgehead atoms. The minimum atomic E-state index is -0.841. The van der Waals surface area contributed by atoms with Crippen molar-refractivity contribution in [2.24, 2.45) is 11.7 Å². The number of nitrogens with zero attached hydrogens (tertiary/aromatic N) is 1. The maximum absolute atomic E-state index is 13.5. The second kappa shape index (κ2) is 6.12. The first-order valence-corrected chi connectivity index (χ1v) is 6.52. The van der Waals surface area contributed by atoms with Crippen molar-refractivity contribution in [2.45, 2.75) is 18.9 Å². The normalized spacial score (nSPS) is 19.3. The Morgan fingerprint density at radius 2 is 2.05 bits per heavy atom. The number of hydrogen-bond acceptors (Lipinski definition) is 3. The monoisotopic (exact) mass is 266 g/mol.